The normalized spacial score (nSPS) is 18.0. The number of benzene rings is 1. The number of fused-ring (bicyclic) bond motifs is 1. The Kier molecular flexibility index (Phi) is 2.30. The van der Waals surface area contributed by atoms with Crippen LogP contribution in [0.4, 0.5) is 0 Å². The first-order valence-corrected chi connectivity index (χ1v) is 6.59. The smallest absolute Gasteiger partial charge is 0.0705 e. The molecule has 1 fully saturated rings. The molecule has 0 radical (unpaired) electrons. The van der Waals surface area contributed by atoms with Gasteiger partial charge in [-0.15, -0.1) is 0 Å². The number of pyridine rings is 1. The number of aromatic nitrogens is 1. The van der Waals surface area contributed by atoms with E-state index >= 15 is 0 Å². The number of hydrogen-bond donors (Lipinski definition) is 1. The van der Waals surface area contributed by atoms with Crippen LogP contribution in [0, 0.1) is 6.92 Å². The predicted octanol–water partition coefficient (Wildman–Crippen LogP) is 3.31. The van der Waals surface area contributed by atoms with Gasteiger partial charge in [-0.25, -0.2) is 0 Å². The molecule has 0 bridgehead atoms. The molecule has 2 heteroatoms. The minimum absolute atomic E-state index is 0.0151. The number of aryl methyl sites for hydroxylation is 1. The number of nitrogens with zero attached hydrogens (tertiary/aromatic N) is 1. The van der Waals surface area contributed by atoms with Crippen LogP contribution in [-0.2, 0) is 5.41 Å². The van der Waals surface area contributed by atoms with Crippen molar-refractivity contribution in [2.24, 2.45) is 5.73 Å². The van der Waals surface area contributed by atoms with E-state index in [0.29, 0.717) is 0 Å². The van der Waals surface area contributed by atoms with Crippen molar-refractivity contribution in [2.75, 3.05) is 0 Å². The summed E-state index contributed by atoms with van der Waals surface area (Å²) in [5, 5.41) is 1.20. The minimum atomic E-state index is -0.0151. The van der Waals surface area contributed by atoms with Gasteiger partial charge in [0.05, 0.1) is 5.52 Å². The van der Waals surface area contributed by atoms with Crippen molar-refractivity contribution in [2.45, 2.75) is 44.6 Å². The van der Waals surface area contributed by atoms with Crippen LogP contribution < -0.4 is 5.73 Å². The van der Waals surface area contributed by atoms with Crippen molar-refractivity contribution in [1.82, 2.24) is 4.98 Å². The summed E-state index contributed by atoms with van der Waals surface area (Å²) in [5.74, 6) is 0. The quantitative estimate of drug-likeness (QED) is 0.874. The first-order chi connectivity index (χ1) is 8.42. The van der Waals surface area contributed by atoms with Gasteiger partial charge in [-0.05, 0) is 43.5 Å². The van der Waals surface area contributed by atoms with E-state index in [9.17, 15) is 0 Å². The van der Waals surface area contributed by atoms with E-state index in [4.69, 9.17) is 5.73 Å². The van der Waals surface area contributed by atoms with Crippen molar-refractivity contribution < 1.29 is 0 Å². The molecule has 0 spiro atoms. The molecule has 2 aromatic rings. The third-order valence-corrected chi connectivity index (χ3v) is 4.58. The van der Waals surface area contributed by atoms with Gasteiger partial charge in [-0.3, -0.25) is 4.98 Å². The molecule has 0 saturated heterocycles. The Morgan fingerprint density at radius 1 is 1.17 bits per heavy atom. The van der Waals surface area contributed by atoms with E-state index in [0.717, 1.165) is 24.1 Å². The lowest BCUT2D eigenvalue weighted by Gasteiger charge is -2.32. The van der Waals surface area contributed by atoms with Crippen LogP contribution in [0.5, 0.6) is 0 Å². The summed E-state index contributed by atoms with van der Waals surface area (Å²) in [7, 11) is 0. The molecule has 0 amide bonds. The first kappa shape index (κ1) is 11.7. The number of hydrogen-bond acceptors (Lipinski definition) is 2. The standard InChI is InChI=1S/C16H20N2/c1-11-4-5-12-10-13(6-7-14(12)18-11)15(2,3)16(17)8-9-16/h4-7,10H,8-9,17H2,1-3H3. The van der Waals surface area contributed by atoms with Crippen LogP contribution in [-0.4, -0.2) is 10.5 Å². The molecule has 1 aromatic heterocycles. The zero-order valence-electron chi connectivity index (χ0n) is 11.3. The molecule has 0 unspecified atom stereocenters. The van der Waals surface area contributed by atoms with Gasteiger partial charge in [0, 0.05) is 22.0 Å². The average Bonchev–Trinajstić information content (AvgIpc) is 3.08. The maximum Gasteiger partial charge on any atom is 0.0705 e. The Hall–Kier alpha value is -1.41. The van der Waals surface area contributed by atoms with E-state index < -0.39 is 0 Å². The van der Waals surface area contributed by atoms with Crippen molar-refractivity contribution in [3.8, 4) is 0 Å². The Labute approximate surface area is 108 Å². The van der Waals surface area contributed by atoms with E-state index in [1.165, 1.54) is 10.9 Å². The highest BCUT2D eigenvalue weighted by Gasteiger charge is 2.51. The monoisotopic (exact) mass is 240 g/mol. The fourth-order valence-corrected chi connectivity index (χ4v) is 2.66. The lowest BCUT2D eigenvalue weighted by Crippen LogP contribution is -2.43. The highest BCUT2D eigenvalue weighted by atomic mass is 14.9. The Morgan fingerprint density at radius 2 is 1.89 bits per heavy atom. The molecule has 1 saturated carbocycles. The number of nitrogens with two attached hydrogens (primary N) is 1. The molecule has 1 aliphatic rings. The van der Waals surface area contributed by atoms with Crippen LogP contribution in [0.25, 0.3) is 10.9 Å². The van der Waals surface area contributed by atoms with Crippen LogP contribution in [0.1, 0.15) is 37.9 Å². The molecular formula is C16H20N2. The van der Waals surface area contributed by atoms with Crippen molar-refractivity contribution >= 4 is 10.9 Å². The van der Waals surface area contributed by atoms with Crippen molar-refractivity contribution in [3.05, 3.63) is 41.6 Å². The average molecular weight is 240 g/mol. The second-order valence-corrected chi connectivity index (χ2v) is 6.14. The van der Waals surface area contributed by atoms with Crippen LogP contribution in [0.3, 0.4) is 0 Å². The van der Waals surface area contributed by atoms with E-state index in [2.05, 4.69) is 49.2 Å². The molecule has 2 N–H and O–H groups in total. The maximum absolute atomic E-state index is 6.41. The summed E-state index contributed by atoms with van der Waals surface area (Å²) in [6, 6.07) is 10.8. The lowest BCUT2D eigenvalue weighted by molar-refractivity contribution is 0.391. The van der Waals surface area contributed by atoms with Gasteiger partial charge in [0.1, 0.15) is 0 Å². The Bertz CT molecular complexity index is 610. The van der Waals surface area contributed by atoms with E-state index in [1.54, 1.807) is 0 Å². The molecule has 1 aliphatic carbocycles. The molecule has 2 nitrogen and oxygen atoms in total. The summed E-state index contributed by atoms with van der Waals surface area (Å²) in [4.78, 5) is 4.55. The van der Waals surface area contributed by atoms with E-state index in [1.807, 2.05) is 6.92 Å². The second-order valence-electron chi connectivity index (χ2n) is 6.14. The number of rotatable bonds is 2. The summed E-state index contributed by atoms with van der Waals surface area (Å²) < 4.78 is 0. The topological polar surface area (TPSA) is 38.9 Å². The van der Waals surface area contributed by atoms with Gasteiger partial charge in [-0.2, -0.15) is 0 Å². The fraction of sp³-hybridized carbons (Fsp3) is 0.438. The molecule has 0 aliphatic heterocycles. The highest BCUT2D eigenvalue weighted by molar-refractivity contribution is 5.79. The molecule has 1 heterocycles. The summed E-state index contributed by atoms with van der Waals surface area (Å²) in [6.45, 7) is 6.53. The SMILES string of the molecule is Cc1ccc2cc(C(C)(C)C3(N)CC3)ccc2n1. The van der Waals surface area contributed by atoms with Gasteiger partial charge in [0.2, 0.25) is 0 Å². The fourth-order valence-electron chi connectivity index (χ4n) is 2.66. The summed E-state index contributed by atoms with van der Waals surface area (Å²) in [6.07, 6.45) is 2.26. The van der Waals surface area contributed by atoms with Crippen molar-refractivity contribution in [1.29, 1.82) is 0 Å². The molecule has 3 rings (SSSR count). The molecule has 94 valence electrons. The van der Waals surface area contributed by atoms with E-state index in [-0.39, 0.29) is 11.0 Å². The largest absolute Gasteiger partial charge is 0.324 e. The van der Waals surface area contributed by atoms with Gasteiger partial charge < -0.3 is 5.73 Å². The Balaban J connectivity index is 2.11. The van der Waals surface area contributed by atoms with Gasteiger partial charge in [-0.1, -0.05) is 26.0 Å². The zero-order valence-corrected chi connectivity index (χ0v) is 11.3. The summed E-state index contributed by atoms with van der Waals surface area (Å²) >= 11 is 0. The maximum atomic E-state index is 6.41. The molecule has 18 heavy (non-hydrogen) atoms. The van der Waals surface area contributed by atoms with Crippen LogP contribution in [0.15, 0.2) is 30.3 Å². The molecule has 1 aromatic carbocycles. The highest BCUT2D eigenvalue weighted by Crippen LogP contribution is 2.49. The molecular weight excluding hydrogens is 220 g/mol. The first-order valence-electron chi connectivity index (χ1n) is 6.59. The third-order valence-electron chi connectivity index (χ3n) is 4.58. The zero-order chi connectivity index (χ0) is 13.0. The van der Waals surface area contributed by atoms with Crippen LogP contribution >= 0.6 is 0 Å². The van der Waals surface area contributed by atoms with Gasteiger partial charge in [0.25, 0.3) is 0 Å². The van der Waals surface area contributed by atoms with Gasteiger partial charge >= 0.3 is 0 Å². The van der Waals surface area contributed by atoms with Crippen LogP contribution in [0.2, 0.25) is 0 Å². The summed E-state index contributed by atoms with van der Waals surface area (Å²) in [5.41, 5.74) is 9.88. The lowest BCUT2D eigenvalue weighted by atomic mass is 9.75. The van der Waals surface area contributed by atoms with Gasteiger partial charge in [0.15, 0.2) is 0 Å². The second kappa shape index (κ2) is 3.55. The third kappa shape index (κ3) is 1.64. The molecule has 0 atom stereocenters. The minimum Gasteiger partial charge on any atom is -0.324 e. The predicted molar refractivity (Wildman–Crippen MR) is 75.7 cm³/mol. The Morgan fingerprint density at radius 3 is 2.56 bits per heavy atom. The van der Waals surface area contributed by atoms with Crippen molar-refractivity contribution in [3.63, 3.8) is 0 Å².